The monoisotopic (exact) mass is 281 g/mol. The number of aromatic hydroxyl groups is 2. The molecule has 0 amide bonds. The maximum absolute atomic E-state index is 9.41. The Morgan fingerprint density at radius 2 is 1.95 bits per heavy atom. The Morgan fingerprint density at radius 1 is 1.05 bits per heavy atom. The summed E-state index contributed by atoms with van der Waals surface area (Å²) in [5, 5.41) is 22.5. The van der Waals surface area contributed by atoms with Crippen LogP contribution in [0.3, 0.4) is 0 Å². The van der Waals surface area contributed by atoms with Crippen molar-refractivity contribution in [1.82, 2.24) is 15.1 Å². The van der Waals surface area contributed by atoms with Gasteiger partial charge >= 0.3 is 0 Å². The molecule has 3 aromatic rings. The second-order valence-corrected chi connectivity index (χ2v) is 4.28. The molecule has 0 atom stereocenters. The minimum atomic E-state index is -0.182. The van der Waals surface area contributed by atoms with E-state index >= 15 is 0 Å². The molecule has 0 spiro atoms. The van der Waals surface area contributed by atoms with Crippen LogP contribution in [0, 0.1) is 0 Å². The molecule has 2 aromatic heterocycles. The van der Waals surface area contributed by atoms with Crippen LogP contribution in [0.2, 0.25) is 0 Å². The summed E-state index contributed by atoms with van der Waals surface area (Å²) in [7, 11) is 0. The van der Waals surface area contributed by atoms with Crippen molar-refractivity contribution in [2.45, 2.75) is 0 Å². The fraction of sp³-hybridized carbons (Fsp3) is 0. The summed E-state index contributed by atoms with van der Waals surface area (Å²) in [4.78, 5) is 8.21. The third-order valence-corrected chi connectivity index (χ3v) is 2.78. The molecule has 6 heteroatoms. The molecular formula is C15H11N3O3. The first-order chi connectivity index (χ1) is 10.2. The van der Waals surface area contributed by atoms with Crippen molar-refractivity contribution in [2.24, 2.45) is 0 Å². The van der Waals surface area contributed by atoms with E-state index in [2.05, 4.69) is 15.1 Å². The molecule has 0 radical (unpaired) electrons. The summed E-state index contributed by atoms with van der Waals surface area (Å²) in [5.74, 6) is 0.445. The van der Waals surface area contributed by atoms with Gasteiger partial charge in [0.05, 0.1) is 0 Å². The third kappa shape index (κ3) is 2.89. The van der Waals surface area contributed by atoms with Gasteiger partial charge in [-0.1, -0.05) is 11.2 Å². The summed E-state index contributed by atoms with van der Waals surface area (Å²) in [6, 6.07) is 8.13. The Hall–Kier alpha value is -3.15. The van der Waals surface area contributed by atoms with Crippen molar-refractivity contribution in [3.63, 3.8) is 0 Å². The Labute approximate surface area is 120 Å². The smallest absolute Gasteiger partial charge is 0.250 e. The number of pyridine rings is 1. The number of phenols is 2. The van der Waals surface area contributed by atoms with Gasteiger partial charge in [0.2, 0.25) is 5.82 Å². The van der Waals surface area contributed by atoms with Crippen molar-refractivity contribution >= 4 is 12.2 Å². The van der Waals surface area contributed by atoms with E-state index in [1.807, 2.05) is 6.07 Å². The molecule has 2 N–H and O–H groups in total. The molecule has 104 valence electrons. The lowest BCUT2D eigenvalue weighted by molar-refractivity contribution is 0.403. The highest BCUT2D eigenvalue weighted by atomic mass is 16.5. The lowest BCUT2D eigenvalue weighted by Gasteiger charge is -1.97. The van der Waals surface area contributed by atoms with Crippen LogP contribution in [0.4, 0.5) is 0 Å². The molecule has 0 unspecified atom stereocenters. The van der Waals surface area contributed by atoms with Crippen molar-refractivity contribution in [3.05, 3.63) is 54.2 Å². The van der Waals surface area contributed by atoms with Crippen LogP contribution in [0.1, 0.15) is 11.5 Å². The molecule has 0 aliphatic carbocycles. The molecule has 0 saturated carbocycles. The Balaban J connectivity index is 1.81. The third-order valence-electron chi connectivity index (χ3n) is 2.78. The lowest BCUT2D eigenvalue weighted by Crippen LogP contribution is -1.81. The summed E-state index contributed by atoms with van der Waals surface area (Å²) in [6.07, 6.45) is 6.64. The SMILES string of the molecule is Oc1ccc(/C=C/c2nc(-c3cccnc3)no2)cc1O. The standard InChI is InChI=1S/C15H11N3O3/c19-12-5-3-10(8-13(12)20)4-6-14-17-15(18-21-14)11-2-1-7-16-9-11/h1-9,19-20H/b6-4+. The first-order valence-corrected chi connectivity index (χ1v) is 6.16. The average molecular weight is 281 g/mol. The number of rotatable bonds is 3. The molecule has 0 saturated heterocycles. The molecular weight excluding hydrogens is 270 g/mol. The fourth-order valence-corrected chi connectivity index (χ4v) is 1.73. The second-order valence-electron chi connectivity index (χ2n) is 4.28. The van der Waals surface area contributed by atoms with Crippen molar-refractivity contribution in [2.75, 3.05) is 0 Å². The molecule has 21 heavy (non-hydrogen) atoms. The number of nitrogens with zero attached hydrogens (tertiary/aromatic N) is 3. The maximum atomic E-state index is 9.41. The largest absolute Gasteiger partial charge is 0.504 e. The fourth-order valence-electron chi connectivity index (χ4n) is 1.73. The first kappa shape index (κ1) is 12.9. The zero-order valence-corrected chi connectivity index (χ0v) is 10.8. The van der Waals surface area contributed by atoms with Crippen LogP contribution in [0.15, 0.2) is 47.2 Å². The van der Waals surface area contributed by atoms with E-state index in [9.17, 15) is 10.2 Å². The normalized spacial score (nSPS) is 11.0. The minimum absolute atomic E-state index is 0.163. The zero-order chi connectivity index (χ0) is 14.7. The van der Waals surface area contributed by atoms with Crippen molar-refractivity contribution < 1.29 is 14.7 Å². The van der Waals surface area contributed by atoms with Crippen molar-refractivity contribution in [1.29, 1.82) is 0 Å². The van der Waals surface area contributed by atoms with Crippen LogP contribution >= 0.6 is 0 Å². The molecule has 6 nitrogen and oxygen atoms in total. The summed E-state index contributed by atoms with van der Waals surface area (Å²) in [5.41, 5.74) is 1.47. The van der Waals surface area contributed by atoms with Crippen LogP contribution in [0.5, 0.6) is 11.5 Å². The van der Waals surface area contributed by atoms with E-state index in [0.29, 0.717) is 17.3 Å². The van der Waals surface area contributed by atoms with E-state index in [-0.39, 0.29) is 11.5 Å². The van der Waals surface area contributed by atoms with Gasteiger partial charge in [-0.25, -0.2) is 0 Å². The van der Waals surface area contributed by atoms with E-state index in [0.717, 1.165) is 5.56 Å². The zero-order valence-electron chi connectivity index (χ0n) is 10.8. The topological polar surface area (TPSA) is 92.3 Å². The van der Waals surface area contributed by atoms with Gasteiger partial charge in [-0.2, -0.15) is 4.98 Å². The van der Waals surface area contributed by atoms with Gasteiger partial charge in [0.15, 0.2) is 11.5 Å². The number of phenolic OH excluding ortho intramolecular Hbond substituents is 2. The van der Waals surface area contributed by atoms with Gasteiger partial charge in [-0.15, -0.1) is 0 Å². The van der Waals surface area contributed by atoms with Crippen LogP contribution in [-0.4, -0.2) is 25.3 Å². The predicted octanol–water partition coefficient (Wildman–Crippen LogP) is 2.71. The summed E-state index contributed by atoms with van der Waals surface area (Å²) in [6.45, 7) is 0. The van der Waals surface area contributed by atoms with Gasteiger partial charge in [0.25, 0.3) is 5.89 Å². The Kier molecular flexibility index (Phi) is 3.34. The highest BCUT2D eigenvalue weighted by Gasteiger charge is 2.06. The number of hydrogen-bond donors (Lipinski definition) is 2. The van der Waals surface area contributed by atoms with Gasteiger partial charge in [0, 0.05) is 24.0 Å². The molecule has 1 aromatic carbocycles. The van der Waals surface area contributed by atoms with Crippen LogP contribution < -0.4 is 0 Å². The summed E-state index contributed by atoms with van der Waals surface area (Å²) >= 11 is 0. The van der Waals surface area contributed by atoms with Gasteiger partial charge in [0.1, 0.15) is 0 Å². The van der Waals surface area contributed by atoms with Crippen LogP contribution in [-0.2, 0) is 0 Å². The first-order valence-electron chi connectivity index (χ1n) is 6.16. The van der Waals surface area contributed by atoms with E-state index in [1.54, 1.807) is 36.7 Å². The molecule has 3 rings (SSSR count). The molecule has 0 bridgehead atoms. The quantitative estimate of drug-likeness (QED) is 0.717. The van der Waals surface area contributed by atoms with Crippen molar-refractivity contribution in [3.8, 4) is 22.9 Å². The Morgan fingerprint density at radius 3 is 2.71 bits per heavy atom. The highest BCUT2D eigenvalue weighted by Crippen LogP contribution is 2.25. The lowest BCUT2D eigenvalue weighted by atomic mass is 10.2. The van der Waals surface area contributed by atoms with E-state index in [1.165, 1.54) is 12.1 Å². The minimum Gasteiger partial charge on any atom is -0.504 e. The summed E-state index contributed by atoms with van der Waals surface area (Å²) < 4.78 is 5.11. The number of benzene rings is 1. The molecule has 2 heterocycles. The van der Waals surface area contributed by atoms with Gasteiger partial charge in [-0.3, -0.25) is 4.98 Å². The van der Waals surface area contributed by atoms with E-state index in [4.69, 9.17) is 4.52 Å². The van der Waals surface area contributed by atoms with Crippen LogP contribution in [0.25, 0.3) is 23.5 Å². The average Bonchev–Trinajstić information content (AvgIpc) is 2.98. The van der Waals surface area contributed by atoms with E-state index < -0.39 is 0 Å². The predicted molar refractivity (Wildman–Crippen MR) is 76.2 cm³/mol. The van der Waals surface area contributed by atoms with Gasteiger partial charge < -0.3 is 14.7 Å². The highest BCUT2D eigenvalue weighted by molar-refractivity contribution is 5.68. The number of hydrogen-bond acceptors (Lipinski definition) is 6. The number of aromatic nitrogens is 3. The second kappa shape index (κ2) is 5.46. The maximum Gasteiger partial charge on any atom is 0.250 e. The Bertz CT molecular complexity index is 782. The van der Waals surface area contributed by atoms with Gasteiger partial charge in [-0.05, 0) is 35.9 Å². The molecule has 0 aliphatic heterocycles. The molecule has 0 aliphatic rings. The molecule has 0 fully saturated rings.